The van der Waals surface area contributed by atoms with Crippen molar-refractivity contribution in [3.05, 3.63) is 36.4 Å². The third-order valence-corrected chi connectivity index (χ3v) is 2.96. The zero-order valence-corrected chi connectivity index (χ0v) is 12.5. The summed E-state index contributed by atoms with van der Waals surface area (Å²) < 4.78 is 8.72. The van der Waals surface area contributed by atoms with Crippen LogP contribution in [-0.4, -0.2) is 109 Å². The van der Waals surface area contributed by atoms with Crippen molar-refractivity contribution in [3.8, 4) is 0 Å². The molecule has 0 amide bonds. The third-order valence-electron chi connectivity index (χ3n) is 2.96. The van der Waals surface area contributed by atoms with Crippen molar-refractivity contribution in [2.24, 2.45) is 11.5 Å². The first-order valence-electron chi connectivity index (χ1n) is 6.88. The van der Waals surface area contributed by atoms with Crippen LogP contribution in [0, 0.1) is 0 Å². The Balaban J connectivity index is 0.00000312. The Morgan fingerprint density at radius 3 is 1.58 bits per heavy atom. The summed E-state index contributed by atoms with van der Waals surface area (Å²) in [5.41, 5.74) is 12.4. The van der Waals surface area contributed by atoms with Gasteiger partial charge in [0.2, 0.25) is 0 Å². The summed E-state index contributed by atoms with van der Waals surface area (Å²) in [6, 6.07) is -2.24. The Hall–Kier alpha value is -1.05. The Morgan fingerprint density at radius 2 is 1.27 bits per heavy atom. The van der Waals surface area contributed by atoms with E-state index in [0.717, 1.165) is 0 Å². The number of H-pyrrole nitrogens is 2. The number of hydrogen-bond donors (Lipinski definition) is 4. The van der Waals surface area contributed by atoms with Crippen LogP contribution in [0.4, 0.5) is 4.79 Å². The van der Waals surface area contributed by atoms with Gasteiger partial charge in [0.05, 0.1) is 12.7 Å². The molecule has 0 spiro atoms. The van der Waals surface area contributed by atoms with E-state index in [1.807, 2.05) is 0 Å². The van der Waals surface area contributed by atoms with Gasteiger partial charge in [-0.1, -0.05) is 0 Å². The van der Waals surface area contributed by atoms with Crippen LogP contribution >= 0.6 is 0 Å². The average Bonchev–Trinajstić information content (AvgIpc) is 3.20. The Labute approximate surface area is 192 Å². The quantitative estimate of drug-likeness (QED) is 0.237. The predicted molar refractivity (Wildman–Crippen MR) is 92.4 cm³/mol. The minimum atomic E-state index is -1.48. The van der Waals surface area contributed by atoms with Gasteiger partial charge in [-0.05, 0) is 0 Å². The molecule has 0 aliphatic heterocycles. The van der Waals surface area contributed by atoms with E-state index in [1.54, 1.807) is 0 Å². The average molecular weight is 384 g/mol. The molecule has 0 bridgehead atoms. The molecule has 0 saturated heterocycles. The van der Waals surface area contributed by atoms with Crippen molar-refractivity contribution in [2.75, 3.05) is 0 Å². The van der Waals surface area contributed by atoms with E-state index in [-0.39, 0.29) is 72.0 Å². The zero-order valence-electron chi connectivity index (χ0n) is 12.5. The first kappa shape index (κ1) is 24.9. The van der Waals surface area contributed by atoms with E-state index in [0.29, 0.717) is 11.4 Å². The number of nitrogens with zero attached hydrogens (tertiary/aromatic N) is 2. The number of esters is 2. The molecule has 2 atom stereocenters. The van der Waals surface area contributed by atoms with Gasteiger partial charge in [-0.3, -0.25) is 0 Å². The molecule has 0 aliphatic carbocycles. The normalized spacial score (nSPS) is 12.1. The molecule has 11 nitrogen and oxygen atoms in total. The summed E-state index contributed by atoms with van der Waals surface area (Å²) in [4.78, 5) is 47.8. The van der Waals surface area contributed by atoms with Crippen LogP contribution in [0.15, 0.2) is 25.0 Å². The molecule has 0 radical (unpaired) electrons. The van der Waals surface area contributed by atoms with Crippen molar-refractivity contribution in [1.82, 2.24) is 19.9 Å². The number of ether oxygens (including phenoxy) is 2. The van der Waals surface area contributed by atoms with Crippen molar-refractivity contribution in [2.45, 2.75) is 24.9 Å². The SMILES string of the molecule is N[C@@H](Cc1cnc[nH]1)C(=O)OC(=O)OC(=O)[C@@H](N)Cc1cnc[nH]1.[NaH].[NaH]. The number of nitrogens with two attached hydrogens (primary N) is 2. The second-order valence-electron chi connectivity index (χ2n) is 4.87. The summed E-state index contributed by atoms with van der Waals surface area (Å²) in [5, 5.41) is 0. The van der Waals surface area contributed by atoms with E-state index in [1.165, 1.54) is 25.0 Å². The third kappa shape index (κ3) is 8.10. The van der Waals surface area contributed by atoms with Gasteiger partial charge in [-0.2, -0.15) is 0 Å². The molecule has 2 heterocycles. The number of rotatable bonds is 6. The Bertz CT molecular complexity index is 636. The first-order chi connectivity index (χ1) is 11.5. The molecule has 6 N–H and O–H groups in total. The van der Waals surface area contributed by atoms with E-state index in [9.17, 15) is 14.4 Å². The van der Waals surface area contributed by atoms with Crippen LogP contribution in [0.5, 0.6) is 0 Å². The van der Waals surface area contributed by atoms with Crippen molar-refractivity contribution >= 4 is 77.2 Å². The summed E-state index contributed by atoms with van der Waals surface area (Å²) in [6.07, 6.45) is 4.47. The molecule has 0 saturated carbocycles. The summed E-state index contributed by atoms with van der Waals surface area (Å²) in [7, 11) is 0. The predicted octanol–water partition coefficient (Wildman–Crippen LogP) is -2.52. The zero-order chi connectivity index (χ0) is 17.5. The molecule has 13 heteroatoms. The van der Waals surface area contributed by atoms with Crippen LogP contribution < -0.4 is 11.5 Å². The number of hydrogen-bond acceptors (Lipinski definition) is 9. The fraction of sp³-hybridized carbons (Fsp3) is 0.308. The summed E-state index contributed by atoms with van der Waals surface area (Å²) in [5.74, 6) is -2.07. The standard InChI is InChI=1S/C13H16N6O5.2Na.2H/c14-9(1-7-3-16-5-18-7)11(20)23-13(22)24-12(21)10(15)2-8-4-17-6-19-8;;;;/h3-6,9-10H,1-2,14-15H2,(H,16,18)(H,17,19);;;;/t9-,10-;;;;/m0..../s1. The molecule has 0 unspecified atom stereocenters. The second-order valence-corrected chi connectivity index (χ2v) is 4.87. The first-order valence-corrected chi connectivity index (χ1v) is 6.88. The number of nitrogens with one attached hydrogen (secondary N) is 2. The molecule has 0 fully saturated rings. The van der Waals surface area contributed by atoms with Crippen molar-refractivity contribution < 1.29 is 23.9 Å². The summed E-state index contributed by atoms with van der Waals surface area (Å²) >= 11 is 0. The van der Waals surface area contributed by atoms with Gasteiger partial charge in [-0.15, -0.1) is 0 Å². The van der Waals surface area contributed by atoms with E-state index < -0.39 is 30.2 Å². The fourth-order valence-electron chi connectivity index (χ4n) is 1.77. The monoisotopic (exact) mass is 384 g/mol. The number of aromatic amines is 2. The van der Waals surface area contributed by atoms with Crippen molar-refractivity contribution in [1.29, 1.82) is 0 Å². The van der Waals surface area contributed by atoms with Crippen LogP contribution in [0.25, 0.3) is 0 Å². The van der Waals surface area contributed by atoms with Crippen LogP contribution in [0.3, 0.4) is 0 Å². The molecular formula is C13H18N6Na2O5. The van der Waals surface area contributed by atoms with Gasteiger partial charge in [0.1, 0.15) is 12.1 Å². The van der Waals surface area contributed by atoms with Gasteiger partial charge < -0.3 is 30.9 Å². The number of imidazole rings is 2. The molecule has 2 aromatic heterocycles. The maximum atomic E-state index is 11.6. The Kier molecular flexibility index (Phi) is 11.9. The topological polar surface area (TPSA) is 179 Å². The van der Waals surface area contributed by atoms with E-state index >= 15 is 0 Å². The molecule has 132 valence electrons. The van der Waals surface area contributed by atoms with Crippen LogP contribution in [-0.2, 0) is 31.9 Å². The maximum absolute atomic E-state index is 11.6. The molecule has 2 rings (SSSR count). The molecular weight excluding hydrogens is 366 g/mol. The number of aromatic nitrogens is 4. The van der Waals surface area contributed by atoms with Crippen LogP contribution in [0.2, 0.25) is 0 Å². The van der Waals surface area contributed by atoms with Crippen LogP contribution in [0.1, 0.15) is 11.4 Å². The summed E-state index contributed by atoms with van der Waals surface area (Å²) in [6.45, 7) is 0. The van der Waals surface area contributed by atoms with E-state index in [2.05, 4.69) is 29.4 Å². The van der Waals surface area contributed by atoms with Gasteiger partial charge in [0, 0.05) is 36.6 Å². The molecule has 0 aromatic carbocycles. The Morgan fingerprint density at radius 1 is 0.885 bits per heavy atom. The fourth-order valence-corrected chi connectivity index (χ4v) is 1.77. The number of carbonyl (C=O) groups is 3. The van der Waals surface area contributed by atoms with Gasteiger partial charge >= 0.3 is 77.2 Å². The molecule has 2 aromatic rings. The van der Waals surface area contributed by atoms with Crippen molar-refractivity contribution in [3.63, 3.8) is 0 Å². The van der Waals surface area contributed by atoms with Gasteiger partial charge in [-0.25, -0.2) is 24.4 Å². The minimum absolute atomic E-state index is 0. The van der Waals surface area contributed by atoms with E-state index in [4.69, 9.17) is 11.5 Å². The number of carbonyl (C=O) groups excluding carboxylic acids is 3. The second kappa shape index (κ2) is 12.4. The molecule has 0 aliphatic rings. The van der Waals surface area contributed by atoms with Gasteiger partial charge in [0.25, 0.3) is 0 Å². The van der Waals surface area contributed by atoms with Gasteiger partial charge in [0.15, 0.2) is 0 Å². The molecule has 26 heavy (non-hydrogen) atoms.